The van der Waals surface area contributed by atoms with Gasteiger partial charge >= 0.3 is 0 Å². The van der Waals surface area contributed by atoms with Crippen molar-refractivity contribution in [3.8, 4) is 17.2 Å². The fourth-order valence-corrected chi connectivity index (χ4v) is 7.84. The zero-order chi connectivity index (χ0) is 27.6. The van der Waals surface area contributed by atoms with Gasteiger partial charge < -0.3 is 14.6 Å². The monoisotopic (exact) mass is 595 g/mol. The number of allylic oxidation sites excluding steroid dienone is 6. The number of ketones is 2. The number of likely N-dealkylation sites (tertiary alicyclic amines) is 1. The number of phenols is 1. The van der Waals surface area contributed by atoms with Crippen molar-refractivity contribution >= 4 is 39.3 Å². The number of hydrogen-bond acceptors (Lipinski definition) is 7. The molecule has 2 fully saturated rings. The smallest absolute Gasteiger partial charge is 0.233 e. The van der Waals surface area contributed by atoms with Gasteiger partial charge in [-0.1, -0.05) is 30.9 Å². The maximum absolute atomic E-state index is 14.0. The molecule has 0 bridgehead atoms. The van der Waals surface area contributed by atoms with Gasteiger partial charge in [-0.3, -0.25) is 24.1 Å². The van der Waals surface area contributed by atoms with Crippen molar-refractivity contribution in [2.75, 3.05) is 14.2 Å². The van der Waals surface area contributed by atoms with Crippen LogP contribution in [0.25, 0.3) is 0 Å². The molecular weight excluding hydrogens is 566 g/mol. The molecule has 1 aromatic carbocycles. The highest BCUT2D eigenvalue weighted by Crippen LogP contribution is 2.56. The Kier molecular flexibility index (Phi) is 6.52. The molecule has 5 aliphatic rings. The Morgan fingerprint density at radius 3 is 2.26 bits per heavy atom. The molecule has 4 aliphatic carbocycles. The highest BCUT2D eigenvalue weighted by molar-refractivity contribution is 9.12. The molecule has 1 saturated carbocycles. The van der Waals surface area contributed by atoms with Gasteiger partial charge in [-0.05, 0) is 65.2 Å². The van der Waals surface area contributed by atoms with Crippen LogP contribution in [0.15, 0.2) is 45.5 Å². The van der Waals surface area contributed by atoms with Crippen molar-refractivity contribution < 1.29 is 33.8 Å². The number of ether oxygens (including phenoxy) is 2. The van der Waals surface area contributed by atoms with Gasteiger partial charge in [0.15, 0.2) is 23.1 Å². The van der Waals surface area contributed by atoms with Crippen LogP contribution in [0.2, 0.25) is 0 Å². The Hall–Kier alpha value is -3.20. The molecule has 8 nitrogen and oxygen atoms in total. The fourth-order valence-electron chi connectivity index (χ4n) is 7.39. The van der Waals surface area contributed by atoms with E-state index in [2.05, 4.69) is 15.9 Å². The molecule has 1 N–H and O–H groups in total. The molecule has 1 heterocycles. The SMILES string of the molecule is COc1cc([C@H]2C3=CC[C@@H]4C(=O)N(C5CCCCC5)C(=O)[C@@H]4[C@@H]3CC3=C2C(=O)C=C(Br)C3=O)cc(OC)c1O. The summed E-state index contributed by atoms with van der Waals surface area (Å²) in [7, 11) is 2.85. The number of Topliss-reactive ketones (excluding diaryl/α,β-unsaturated/α-hetero) is 1. The first kappa shape index (κ1) is 26.0. The van der Waals surface area contributed by atoms with E-state index >= 15 is 0 Å². The minimum Gasteiger partial charge on any atom is -0.502 e. The van der Waals surface area contributed by atoms with Crippen LogP contribution in [-0.4, -0.2) is 53.6 Å². The number of nitrogens with zero attached hydrogens (tertiary/aromatic N) is 1. The topological polar surface area (TPSA) is 110 Å². The van der Waals surface area contributed by atoms with Gasteiger partial charge in [0.2, 0.25) is 17.6 Å². The molecule has 1 saturated heterocycles. The van der Waals surface area contributed by atoms with Crippen molar-refractivity contribution in [3.05, 3.63) is 51.0 Å². The van der Waals surface area contributed by atoms with E-state index < -0.39 is 23.7 Å². The average Bonchev–Trinajstić information content (AvgIpc) is 3.20. The Bertz CT molecular complexity index is 1370. The lowest BCUT2D eigenvalue weighted by atomic mass is 9.59. The Morgan fingerprint density at radius 2 is 1.62 bits per heavy atom. The number of rotatable bonds is 4. The van der Waals surface area contributed by atoms with E-state index in [9.17, 15) is 24.3 Å². The molecule has 6 rings (SSSR count). The third kappa shape index (κ3) is 3.91. The quantitative estimate of drug-likeness (QED) is 0.310. The normalized spacial score (nSPS) is 29.1. The zero-order valence-corrected chi connectivity index (χ0v) is 23.5. The summed E-state index contributed by atoms with van der Waals surface area (Å²) in [5, 5.41) is 10.5. The second-order valence-corrected chi connectivity index (χ2v) is 11.9. The minimum atomic E-state index is -0.650. The van der Waals surface area contributed by atoms with E-state index in [0.717, 1.165) is 37.7 Å². The number of benzene rings is 1. The third-order valence-electron chi connectivity index (χ3n) is 9.14. The maximum atomic E-state index is 14.0. The van der Waals surface area contributed by atoms with Crippen molar-refractivity contribution in [2.45, 2.75) is 56.9 Å². The first-order chi connectivity index (χ1) is 18.8. The number of hydrogen-bond donors (Lipinski definition) is 1. The van der Waals surface area contributed by atoms with Crippen LogP contribution in [0.4, 0.5) is 0 Å². The molecule has 0 spiro atoms. The molecule has 0 aromatic heterocycles. The first-order valence-corrected chi connectivity index (χ1v) is 14.3. The van der Waals surface area contributed by atoms with E-state index in [0.29, 0.717) is 23.1 Å². The molecule has 1 aromatic rings. The maximum Gasteiger partial charge on any atom is 0.233 e. The van der Waals surface area contributed by atoms with Crippen molar-refractivity contribution in [2.24, 2.45) is 17.8 Å². The number of methoxy groups -OCH3 is 2. The van der Waals surface area contributed by atoms with Gasteiger partial charge in [0.05, 0.1) is 30.5 Å². The predicted molar refractivity (Wildman–Crippen MR) is 145 cm³/mol. The lowest BCUT2D eigenvalue weighted by Crippen LogP contribution is -2.43. The summed E-state index contributed by atoms with van der Waals surface area (Å²) in [4.78, 5) is 56.0. The standard InChI is InChI=1S/C30H30BrNO7/c1-38-22-10-14(11-23(39-2)28(22)35)24-16-8-9-17-25(30(37)32(29(17)36)15-6-4-3-5-7-15)18(16)12-19-26(24)21(33)13-20(31)27(19)34/h8,10-11,13,15,17-18,24-25,35H,3-7,9,12H2,1-2H3/t17-,18+,24-,25-/m0/s1. The molecule has 0 unspecified atom stereocenters. The second kappa shape index (κ2) is 9.77. The number of carbonyl (C=O) groups is 4. The number of aromatic hydroxyl groups is 1. The van der Waals surface area contributed by atoms with Gasteiger partial charge in [-0.2, -0.15) is 0 Å². The number of imide groups is 1. The second-order valence-electron chi connectivity index (χ2n) is 11.0. The van der Waals surface area contributed by atoms with Gasteiger partial charge in [0, 0.05) is 29.2 Å². The molecule has 204 valence electrons. The van der Waals surface area contributed by atoms with Crippen LogP contribution in [0, 0.1) is 17.8 Å². The summed E-state index contributed by atoms with van der Waals surface area (Å²) in [6, 6.07) is 3.22. The van der Waals surface area contributed by atoms with Gasteiger partial charge in [-0.15, -0.1) is 0 Å². The first-order valence-electron chi connectivity index (χ1n) is 13.5. The van der Waals surface area contributed by atoms with Crippen LogP contribution >= 0.6 is 15.9 Å². The van der Waals surface area contributed by atoms with E-state index in [1.807, 2.05) is 6.08 Å². The predicted octanol–water partition coefficient (Wildman–Crippen LogP) is 4.50. The summed E-state index contributed by atoms with van der Waals surface area (Å²) < 4.78 is 11.0. The number of fused-ring (bicyclic) bond motifs is 3. The number of halogens is 1. The van der Waals surface area contributed by atoms with Gasteiger partial charge in [-0.25, -0.2) is 0 Å². The van der Waals surface area contributed by atoms with Crippen LogP contribution in [0.3, 0.4) is 0 Å². The average molecular weight is 596 g/mol. The molecule has 4 atom stereocenters. The van der Waals surface area contributed by atoms with Crippen LogP contribution in [0.1, 0.15) is 56.4 Å². The van der Waals surface area contributed by atoms with Crippen molar-refractivity contribution in [3.63, 3.8) is 0 Å². The summed E-state index contributed by atoms with van der Waals surface area (Å²) in [5.41, 5.74) is 2.19. The van der Waals surface area contributed by atoms with E-state index in [4.69, 9.17) is 9.47 Å². The van der Waals surface area contributed by atoms with E-state index in [1.165, 1.54) is 25.2 Å². The summed E-state index contributed by atoms with van der Waals surface area (Å²) in [6.45, 7) is 0. The Balaban J connectivity index is 1.49. The number of phenolic OH excluding ortho intramolecular Hbond substituents is 1. The van der Waals surface area contributed by atoms with Crippen LogP contribution in [-0.2, 0) is 19.2 Å². The highest BCUT2D eigenvalue weighted by atomic mass is 79.9. The van der Waals surface area contributed by atoms with Gasteiger partial charge in [0.25, 0.3) is 0 Å². The molecule has 39 heavy (non-hydrogen) atoms. The number of amides is 2. The minimum absolute atomic E-state index is 0.0671. The highest BCUT2D eigenvalue weighted by Gasteiger charge is 2.57. The fraction of sp³-hybridized carbons (Fsp3) is 0.467. The zero-order valence-electron chi connectivity index (χ0n) is 21.9. The molecule has 2 amide bonds. The van der Waals surface area contributed by atoms with E-state index in [-0.39, 0.29) is 57.6 Å². The van der Waals surface area contributed by atoms with Crippen molar-refractivity contribution in [1.29, 1.82) is 0 Å². The molecule has 0 radical (unpaired) electrons. The largest absolute Gasteiger partial charge is 0.502 e. The summed E-state index contributed by atoms with van der Waals surface area (Å²) in [6.07, 6.45) is 8.69. The molecular formula is C30H30BrNO7. The lowest BCUT2D eigenvalue weighted by molar-refractivity contribution is -0.143. The number of carbonyl (C=O) groups excluding carboxylic acids is 4. The molecule has 1 aliphatic heterocycles. The molecule has 9 heteroatoms. The van der Waals surface area contributed by atoms with Crippen LogP contribution in [0.5, 0.6) is 17.2 Å². The summed E-state index contributed by atoms with van der Waals surface area (Å²) >= 11 is 3.25. The lowest BCUT2D eigenvalue weighted by Gasteiger charge is -2.42. The third-order valence-corrected chi connectivity index (χ3v) is 9.73. The Labute approximate surface area is 234 Å². The van der Waals surface area contributed by atoms with Crippen molar-refractivity contribution in [1.82, 2.24) is 4.90 Å². The van der Waals surface area contributed by atoms with Gasteiger partial charge in [0.1, 0.15) is 0 Å². The van der Waals surface area contributed by atoms with Crippen LogP contribution < -0.4 is 9.47 Å². The summed E-state index contributed by atoms with van der Waals surface area (Å²) in [5.74, 6) is -2.75. The Morgan fingerprint density at radius 1 is 0.949 bits per heavy atom. The van der Waals surface area contributed by atoms with E-state index in [1.54, 1.807) is 12.1 Å².